The molecule has 0 radical (unpaired) electrons. The van der Waals surface area contributed by atoms with Gasteiger partial charge in [0.05, 0.1) is 34.9 Å². The fourth-order valence-corrected chi connectivity index (χ4v) is 4.93. The Hall–Kier alpha value is -1.68. The molecular weight excluding hydrogens is 442 g/mol. The van der Waals surface area contributed by atoms with Gasteiger partial charge in [0.1, 0.15) is 0 Å². The molecule has 0 aromatic heterocycles. The molecule has 0 saturated heterocycles. The quantitative estimate of drug-likeness (QED) is 0.213. The maximum atomic E-state index is 10.9. The molecule has 0 heterocycles. The molecule has 0 aromatic carbocycles. The molecule has 6 atom stereocenters. The first kappa shape index (κ1) is 31.4. The Morgan fingerprint density at radius 3 is 2.06 bits per heavy atom. The fraction of sp³-hybridized carbons (Fsp3) is 0.793. The van der Waals surface area contributed by atoms with Gasteiger partial charge in [0.15, 0.2) is 0 Å². The molecule has 0 spiro atoms. The van der Waals surface area contributed by atoms with Gasteiger partial charge in [0, 0.05) is 5.92 Å². The molecule has 5 unspecified atom stereocenters. The van der Waals surface area contributed by atoms with E-state index in [1.54, 1.807) is 13.8 Å². The summed E-state index contributed by atoms with van der Waals surface area (Å²) in [6.45, 7) is 11.4. The molecule has 0 aliphatic heterocycles. The highest BCUT2D eigenvalue weighted by atomic mass is 16.4. The van der Waals surface area contributed by atoms with Crippen molar-refractivity contribution >= 4 is 5.97 Å². The van der Waals surface area contributed by atoms with E-state index in [1.165, 1.54) is 0 Å². The molecule has 1 aliphatic rings. The topological polar surface area (TPSA) is 122 Å². The van der Waals surface area contributed by atoms with Gasteiger partial charge in [0.2, 0.25) is 0 Å². The summed E-state index contributed by atoms with van der Waals surface area (Å²) in [5.74, 6) is -0.749. The van der Waals surface area contributed by atoms with Crippen LogP contribution in [0, 0.1) is 29.1 Å². The Kier molecular flexibility index (Phi) is 12.7. The second-order valence-corrected chi connectivity index (χ2v) is 11.7. The Morgan fingerprint density at radius 1 is 1.03 bits per heavy atom. The summed E-state index contributed by atoms with van der Waals surface area (Å²) < 4.78 is 0. The van der Waals surface area contributed by atoms with Crippen LogP contribution in [0.25, 0.3) is 0 Å². The number of carboxylic acid groups (broad SMARTS) is 1. The van der Waals surface area contributed by atoms with Crippen molar-refractivity contribution in [3.05, 3.63) is 22.8 Å². The number of carbonyl (C=O) groups is 1. The molecule has 0 bridgehead atoms. The second kappa shape index (κ2) is 14.2. The summed E-state index contributed by atoms with van der Waals surface area (Å²) in [7, 11) is 0. The lowest BCUT2D eigenvalue weighted by atomic mass is 9.81. The Bertz CT molecular complexity index is 789. The van der Waals surface area contributed by atoms with Crippen LogP contribution >= 0.6 is 0 Å². The summed E-state index contributed by atoms with van der Waals surface area (Å²) in [4.78, 5) is 10.9. The van der Waals surface area contributed by atoms with Gasteiger partial charge in [-0.2, -0.15) is 5.26 Å². The molecule has 35 heavy (non-hydrogen) atoms. The summed E-state index contributed by atoms with van der Waals surface area (Å²) >= 11 is 0. The molecule has 1 aliphatic carbocycles. The summed E-state index contributed by atoms with van der Waals surface area (Å²) in [6.07, 6.45) is 9.40. The maximum absolute atomic E-state index is 10.9. The van der Waals surface area contributed by atoms with E-state index in [9.17, 15) is 25.4 Å². The molecule has 0 fully saturated rings. The normalized spacial score (nSPS) is 23.6. The number of hydrogen-bond donors (Lipinski definition) is 4. The second-order valence-electron chi connectivity index (χ2n) is 11.7. The van der Waals surface area contributed by atoms with E-state index in [4.69, 9.17) is 5.11 Å². The highest BCUT2D eigenvalue weighted by molar-refractivity contribution is 5.69. The zero-order valence-corrected chi connectivity index (χ0v) is 22.8. The minimum atomic E-state index is -0.836. The third-order valence-corrected chi connectivity index (χ3v) is 7.92. The fourth-order valence-electron chi connectivity index (χ4n) is 4.93. The Labute approximate surface area is 212 Å². The predicted molar refractivity (Wildman–Crippen MR) is 140 cm³/mol. The van der Waals surface area contributed by atoms with E-state index in [0.29, 0.717) is 44.4 Å². The van der Waals surface area contributed by atoms with Crippen LogP contribution < -0.4 is 0 Å². The molecule has 0 saturated carbocycles. The number of nitriles is 1. The Morgan fingerprint density at radius 2 is 1.54 bits per heavy atom. The number of aliphatic hydroxyl groups is 3. The van der Waals surface area contributed by atoms with Gasteiger partial charge in [-0.15, -0.1) is 0 Å². The first-order chi connectivity index (χ1) is 16.2. The lowest BCUT2D eigenvalue weighted by Gasteiger charge is -2.28. The highest BCUT2D eigenvalue weighted by Gasteiger charge is 2.26. The largest absolute Gasteiger partial charge is 0.481 e. The Balaban J connectivity index is 2.34. The molecular formula is C29H49NO5. The third-order valence-electron chi connectivity index (χ3n) is 7.92. The number of aliphatic carboxylic acids is 1. The maximum Gasteiger partial charge on any atom is 0.306 e. The zero-order chi connectivity index (χ0) is 26.8. The van der Waals surface area contributed by atoms with Crippen LogP contribution in [-0.4, -0.2) is 43.7 Å². The van der Waals surface area contributed by atoms with Crippen LogP contribution in [0.2, 0.25) is 0 Å². The van der Waals surface area contributed by atoms with Gasteiger partial charge in [0.25, 0.3) is 0 Å². The van der Waals surface area contributed by atoms with Crippen LogP contribution in [0.5, 0.6) is 0 Å². The smallest absolute Gasteiger partial charge is 0.306 e. The van der Waals surface area contributed by atoms with E-state index in [0.717, 1.165) is 48.8 Å². The van der Waals surface area contributed by atoms with Crippen molar-refractivity contribution < 1.29 is 25.2 Å². The molecule has 6 nitrogen and oxygen atoms in total. The van der Waals surface area contributed by atoms with E-state index < -0.39 is 29.2 Å². The number of nitrogens with zero attached hydrogens (tertiary/aromatic N) is 1. The number of aliphatic hydroxyl groups excluding tert-OH is 1. The van der Waals surface area contributed by atoms with Gasteiger partial charge in [-0.1, -0.05) is 39.7 Å². The van der Waals surface area contributed by atoms with Gasteiger partial charge >= 0.3 is 5.97 Å². The van der Waals surface area contributed by atoms with Crippen molar-refractivity contribution in [1.82, 2.24) is 0 Å². The van der Waals surface area contributed by atoms with Crippen LogP contribution in [0.3, 0.4) is 0 Å². The van der Waals surface area contributed by atoms with E-state index in [-0.39, 0.29) is 5.92 Å². The minimum Gasteiger partial charge on any atom is -0.481 e. The average molecular weight is 492 g/mol. The van der Waals surface area contributed by atoms with E-state index in [1.807, 2.05) is 26.8 Å². The average Bonchev–Trinajstić information content (AvgIpc) is 2.75. The van der Waals surface area contributed by atoms with Gasteiger partial charge in [-0.25, -0.2) is 0 Å². The molecule has 4 N–H and O–H groups in total. The summed E-state index contributed by atoms with van der Waals surface area (Å²) in [5.41, 5.74) is 1.05. The van der Waals surface area contributed by atoms with Crippen molar-refractivity contribution in [1.29, 1.82) is 5.26 Å². The van der Waals surface area contributed by atoms with Gasteiger partial charge in [-0.05, 0) is 95.6 Å². The van der Waals surface area contributed by atoms with Crippen LogP contribution in [0.15, 0.2) is 22.8 Å². The van der Waals surface area contributed by atoms with Gasteiger partial charge in [-0.3, -0.25) is 4.79 Å². The lowest BCUT2D eigenvalue weighted by molar-refractivity contribution is -0.141. The zero-order valence-electron chi connectivity index (χ0n) is 22.8. The highest BCUT2D eigenvalue weighted by Crippen LogP contribution is 2.33. The predicted octanol–water partition coefficient (Wildman–Crippen LogP) is 5.91. The van der Waals surface area contributed by atoms with Gasteiger partial charge < -0.3 is 20.4 Å². The van der Waals surface area contributed by atoms with E-state index >= 15 is 0 Å². The standard InChI is InChI=1S/C29H49NO5/c1-20(12-13-24-18-26(31)23(4)22(3)25(24)19-30)10-7-14-28(5,34)16-9-17-29(6,35)15-8-11-21(2)27(32)33/h18,20-21,23,26,31,34-35H,7-17H2,1-6H3,(H,32,33)/t20?,21?,23-,26?,28?,29?/m1/s1. The first-order valence-electron chi connectivity index (χ1n) is 13.4. The third kappa shape index (κ3) is 11.3. The van der Waals surface area contributed by atoms with Crippen molar-refractivity contribution in [3.8, 4) is 6.07 Å². The van der Waals surface area contributed by atoms with Crippen molar-refractivity contribution in [2.75, 3.05) is 0 Å². The number of rotatable bonds is 16. The number of carboxylic acids is 1. The van der Waals surface area contributed by atoms with Crippen LogP contribution in [0.4, 0.5) is 0 Å². The molecule has 0 amide bonds. The summed E-state index contributed by atoms with van der Waals surface area (Å²) in [6, 6.07) is 2.32. The molecule has 1 rings (SSSR count). The SMILES string of the molecule is CC1=C(C#N)C(CCC(C)CCCC(C)(O)CCCC(C)(O)CCCC(C)C(=O)O)=CC(O)[C@@H]1C. The van der Waals surface area contributed by atoms with Crippen LogP contribution in [-0.2, 0) is 4.79 Å². The number of allylic oxidation sites excluding steroid dienone is 2. The lowest BCUT2D eigenvalue weighted by Crippen LogP contribution is -2.28. The van der Waals surface area contributed by atoms with Crippen molar-refractivity contribution in [2.45, 2.75) is 129 Å². The van der Waals surface area contributed by atoms with Crippen molar-refractivity contribution in [2.24, 2.45) is 17.8 Å². The van der Waals surface area contributed by atoms with Crippen molar-refractivity contribution in [3.63, 3.8) is 0 Å². The monoisotopic (exact) mass is 491 g/mol. The minimum absolute atomic E-state index is 0.0163. The van der Waals surface area contributed by atoms with E-state index in [2.05, 4.69) is 13.0 Å². The number of hydrogen-bond acceptors (Lipinski definition) is 5. The first-order valence-corrected chi connectivity index (χ1v) is 13.4. The molecule has 0 aromatic rings. The molecule has 6 heteroatoms. The molecule has 200 valence electrons. The summed E-state index contributed by atoms with van der Waals surface area (Å²) in [5, 5.41) is 50.1. The van der Waals surface area contributed by atoms with Crippen LogP contribution in [0.1, 0.15) is 112 Å².